The van der Waals surface area contributed by atoms with Crippen molar-refractivity contribution in [3.05, 3.63) is 22.8 Å². The number of rotatable bonds is 2. The minimum absolute atomic E-state index is 0.0897. The lowest BCUT2D eigenvalue weighted by molar-refractivity contribution is -0.124. The Labute approximate surface area is 129 Å². The number of fused-ring (bicyclic) bond motifs is 2. The van der Waals surface area contributed by atoms with E-state index in [-0.39, 0.29) is 10.8 Å². The molecule has 0 aromatic rings. The zero-order valence-corrected chi connectivity index (χ0v) is 14.2. The van der Waals surface area contributed by atoms with E-state index in [0.29, 0.717) is 11.8 Å². The monoisotopic (exact) mass is 286 g/mol. The van der Waals surface area contributed by atoms with Gasteiger partial charge in [0, 0.05) is 5.41 Å². The number of hydrogen-bond acceptors (Lipinski definition) is 1. The van der Waals surface area contributed by atoms with Crippen LogP contribution in [-0.2, 0) is 4.79 Å². The van der Waals surface area contributed by atoms with Gasteiger partial charge in [0.05, 0.1) is 0 Å². The maximum absolute atomic E-state index is 11.8. The third-order valence-electron chi connectivity index (χ3n) is 6.79. The first-order valence-corrected chi connectivity index (χ1v) is 8.80. The molecule has 3 atom stereocenters. The summed E-state index contributed by atoms with van der Waals surface area (Å²) in [5.74, 6) is 1.24. The molecule has 3 aliphatic carbocycles. The van der Waals surface area contributed by atoms with Crippen molar-refractivity contribution in [3.8, 4) is 0 Å². The quantitative estimate of drug-likeness (QED) is 0.616. The highest BCUT2D eigenvalue weighted by Gasteiger charge is 2.52. The van der Waals surface area contributed by atoms with Gasteiger partial charge in [-0.15, -0.1) is 0 Å². The minimum atomic E-state index is -0.0897. The normalized spacial score (nSPS) is 39.7. The molecule has 0 amide bonds. The molecule has 3 rings (SSSR count). The van der Waals surface area contributed by atoms with E-state index in [1.807, 2.05) is 0 Å². The molecule has 3 aliphatic rings. The Morgan fingerprint density at radius 3 is 2.62 bits per heavy atom. The standard InChI is InChI=1S/C20H30O/c1-14(2)15-6-8-17-16(12-15)7-9-18-19(3,13-21)10-5-11-20(17,18)4/h12-14,18H,5-11H2,1-4H3/t18-,19+,20-/m1/s1. The molecule has 0 N–H and O–H groups in total. The van der Waals surface area contributed by atoms with Gasteiger partial charge >= 0.3 is 0 Å². The fourth-order valence-electron chi connectivity index (χ4n) is 5.51. The zero-order chi connectivity index (χ0) is 15.3. The number of carbonyl (C=O) groups is 1. The maximum atomic E-state index is 11.8. The van der Waals surface area contributed by atoms with Crippen LogP contribution in [0.2, 0.25) is 0 Å². The van der Waals surface area contributed by atoms with Crippen LogP contribution in [0.4, 0.5) is 0 Å². The van der Waals surface area contributed by atoms with Gasteiger partial charge in [0.1, 0.15) is 6.29 Å². The highest BCUT2D eigenvalue weighted by atomic mass is 16.1. The zero-order valence-electron chi connectivity index (χ0n) is 14.2. The molecule has 0 aromatic heterocycles. The van der Waals surface area contributed by atoms with Gasteiger partial charge in [-0.2, -0.15) is 0 Å². The minimum Gasteiger partial charge on any atom is -0.303 e. The van der Waals surface area contributed by atoms with Crippen LogP contribution < -0.4 is 0 Å². The molecule has 0 saturated heterocycles. The van der Waals surface area contributed by atoms with Crippen molar-refractivity contribution < 1.29 is 4.79 Å². The Bertz CT molecular complexity index is 510. The molecule has 116 valence electrons. The molecule has 0 unspecified atom stereocenters. The van der Waals surface area contributed by atoms with Gasteiger partial charge < -0.3 is 4.79 Å². The molecule has 1 heteroatoms. The van der Waals surface area contributed by atoms with Crippen LogP contribution in [0.25, 0.3) is 0 Å². The van der Waals surface area contributed by atoms with Gasteiger partial charge in [-0.1, -0.05) is 51.3 Å². The molecule has 0 aromatic carbocycles. The third-order valence-corrected chi connectivity index (χ3v) is 6.79. The SMILES string of the molecule is CC(C)C1=CC2=C(CC1)[C@@]1(C)CCC[C@@](C)(C=O)[C@H]1CC2. The Kier molecular flexibility index (Phi) is 3.66. The summed E-state index contributed by atoms with van der Waals surface area (Å²) in [6.07, 6.45) is 12.2. The fourth-order valence-corrected chi connectivity index (χ4v) is 5.51. The van der Waals surface area contributed by atoms with E-state index in [1.165, 1.54) is 44.8 Å². The lowest BCUT2D eigenvalue weighted by Gasteiger charge is -2.55. The summed E-state index contributed by atoms with van der Waals surface area (Å²) in [6.45, 7) is 9.30. The van der Waals surface area contributed by atoms with Crippen molar-refractivity contribution in [2.45, 2.75) is 72.6 Å². The lowest BCUT2D eigenvalue weighted by Crippen LogP contribution is -2.47. The average Bonchev–Trinajstić information content (AvgIpc) is 2.46. The van der Waals surface area contributed by atoms with Crippen molar-refractivity contribution in [2.24, 2.45) is 22.7 Å². The molecule has 21 heavy (non-hydrogen) atoms. The molecule has 1 fully saturated rings. The molecule has 0 radical (unpaired) electrons. The summed E-state index contributed by atoms with van der Waals surface area (Å²) in [5, 5.41) is 0. The van der Waals surface area contributed by atoms with Crippen LogP contribution in [0.15, 0.2) is 22.8 Å². The predicted molar refractivity (Wildman–Crippen MR) is 88.0 cm³/mol. The molecule has 1 saturated carbocycles. The molecule has 1 nitrogen and oxygen atoms in total. The molecule has 0 spiro atoms. The second kappa shape index (κ2) is 5.11. The third kappa shape index (κ3) is 2.24. The van der Waals surface area contributed by atoms with Crippen LogP contribution in [0.5, 0.6) is 0 Å². The molecular weight excluding hydrogens is 256 g/mol. The fraction of sp³-hybridized carbons (Fsp3) is 0.750. The first-order valence-electron chi connectivity index (χ1n) is 8.80. The van der Waals surface area contributed by atoms with E-state index in [0.717, 1.165) is 6.42 Å². The van der Waals surface area contributed by atoms with Gasteiger partial charge in [0.25, 0.3) is 0 Å². The summed E-state index contributed by atoms with van der Waals surface area (Å²) in [6, 6.07) is 0. The van der Waals surface area contributed by atoms with Gasteiger partial charge in [-0.05, 0) is 61.3 Å². The van der Waals surface area contributed by atoms with Crippen LogP contribution in [0.3, 0.4) is 0 Å². The number of aldehydes is 1. The van der Waals surface area contributed by atoms with E-state index < -0.39 is 0 Å². The van der Waals surface area contributed by atoms with Crippen molar-refractivity contribution in [3.63, 3.8) is 0 Å². The van der Waals surface area contributed by atoms with Gasteiger partial charge in [-0.3, -0.25) is 0 Å². The Morgan fingerprint density at radius 1 is 1.19 bits per heavy atom. The van der Waals surface area contributed by atoms with Crippen molar-refractivity contribution in [2.75, 3.05) is 0 Å². The van der Waals surface area contributed by atoms with E-state index in [2.05, 4.69) is 33.8 Å². The second-order valence-electron chi connectivity index (χ2n) is 8.36. The summed E-state index contributed by atoms with van der Waals surface area (Å²) in [7, 11) is 0. The van der Waals surface area contributed by atoms with Crippen LogP contribution in [0, 0.1) is 22.7 Å². The Balaban J connectivity index is 2.02. The second-order valence-corrected chi connectivity index (χ2v) is 8.36. The van der Waals surface area contributed by atoms with E-state index in [1.54, 1.807) is 16.7 Å². The van der Waals surface area contributed by atoms with Crippen LogP contribution in [-0.4, -0.2) is 6.29 Å². The smallest absolute Gasteiger partial charge is 0.126 e. The number of hydrogen-bond donors (Lipinski definition) is 0. The summed E-state index contributed by atoms with van der Waals surface area (Å²) in [5.41, 5.74) is 5.15. The Morgan fingerprint density at radius 2 is 1.95 bits per heavy atom. The van der Waals surface area contributed by atoms with Gasteiger partial charge in [0.2, 0.25) is 0 Å². The Hall–Kier alpha value is -0.850. The first-order chi connectivity index (χ1) is 9.90. The summed E-state index contributed by atoms with van der Waals surface area (Å²) >= 11 is 0. The number of allylic oxidation sites excluding steroid dienone is 4. The topological polar surface area (TPSA) is 17.1 Å². The summed E-state index contributed by atoms with van der Waals surface area (Å²) in [4.78, 5) is 11.8. The predicted octanol–water partition coefficient (Wildman–Crippen LogP) is 5.46. The molecule has 0 heterocycles. The molecule has 0 aliphatic heterocycles. The van der Waals surface area contributed by atoms with Gasteiger partial charge in [0.15, 0.2) is 0 Å². The van der Waals surface area contributed by atoms with Crippen LogP contribution >= 0.6 is 0 Å². The summed E-state index contributed by atoms with van der Waals surface area (Å²) < 4.78 is 0. The van der Waals surface area contributed by atoms with Crippen molar-refractivity contribution in [1.29, 1.82) is 0 Å². The highest BCUT2D eigenvalue weighted by molar-refractivity contribution is 5.61. The van der Waals surface area contributed by atoms with Crippen LogP contribution in [0.1, 0.15) is 72.6 Å². The maximum Gasteiger partial charge on any atom is 0.126 e. The average molecular weight is 286 g/mol. The van der Waals surface area contributed by atoms with E-state index in [9.17, 15) is 4.79 Å². The number of carbonyl (C=O) groups excluding carboxylic acids is 1. The van der Waals surface area contributed by atoms with Crippen molar-refractivity contribution in [1.82, 2.24) is 0 Å². The van der Waals surface area contributed by atoms with Gasteiger partial charge in [-0.25, -0.2) is 0 Å². The largest absolute Gasteiger partial charge is 0.303 e. The highest BCUT2D eigenvalue weighted by Crippen LogP contribution is 2.60. The van der Waals surface area contributed by atoms with Crippen molar-refractivity contribution >= 4 is 6.29 Å². The molecule has 0 bridgehead atoms. The van der Waals surface area contributed by atoms with E-state index in [4.69, 9.17) is 0 Å². The van der Waals surface area contributed by atoms with E-state index >= 15 is 0 Å². The lowest BCUT2D eigenvalue weighted by atomic mass is 9.49. The first kappa shape index (κ1) is 15.1. The molecular formula is C20H30O.